The van der Waals surface area contributed by atoms with Crippen LogP contribution in [0.15, 0.2) is 30.5 Å². The van der Waals surface area contributed by atoms with E-state index >= 15 is 0 Å². The van der Waals surface area contributed by atoms with Crippen LogP contribution in [0, 0.1) is 0 Å². The number of aliphatic hydroxyl groups is 1. The number of benzene rings is 1. The van der Waals surface area contributed by atoms with Gasteiger partial charge in [0.05, 0.1) is 22.9 Å². The van der Waals surface area contributed by atoms with E-state index in [2.05, 4.69) is 22.2 Å². The molecule has 0 radical (unpaired) electrons. The molecule has 0 saturated heterocycles. The van der Waals surface area contributed by atoms with Crippen LogP contribution >= 0.6 is 0 Å². The number of nitrogens with one attached hydrogen (secondary N) is 1. The van der Waals surface area contributed by atoms with Crippen molar-refractivity contribution in [1.29, 1.82) is 0 Å². The fourth-order valence-electron chi connectivity index (χ4n) is 1.65. The first-order valence-corrected chi connectivity index (χ1v) is 5.91. The molecule has 0 aliphatic rings. The molecule has 0 bridgehead atoms. The molecular formula is C13H17N3O. The highest BCUT2D eigenvalue weighted by Gasteiger charge is 2.09. The molecule has 0 aliphatic heterocycles. The third-order valence-corrected chi connectivity index (χ3v) is 2.57. The number of aromatic nitrogens is 2. The van der Waals surface area contributed by atoms with Gasteiger partial charge in [-0.25, -0.2) is 4.98 Å². The molecule has 4 nitrogen and oxygen atoms in total. The second kappa shape index (κ2) is 5.70. The van der Waals surface area contributed by atoms with Crippen LogP contribution in [0.5, 0.6) is 0 Å². The van der Waals surface area contributed by atoms with Gasteiger partial charge >= 0.3 is 0 Å². The summed E-state index contributed by atoms with van der Waals surface area (Å²) in [7, 11) is 0. The molecule has 2 N–H and O–H groups in total. The summed E-state index contributed by atoms with van der Waals surface area (Å²) in [5.41, 5.74) is 2.29. The van der Waals surface area contributed by atoms with Crippen LogP contribution in [0.2, 0.25) is 0 Å². The van der Waals surface area contributed by atoms with Gasteiger partial charge in [-0.1, -0.05) is 19.1 Å². The van der Waals surface area contributed by atoms with E-state index in [0.29, 0.717) is 12.2 Å². The smallest absolute Gasteiger partial charge is 0.110 e. The zero-order valence-electron chi connectivity index (χ0n) is 9.93. The van der Waals surface area contributed by atoms with Gasteiger partial charge in [0.2, 0.25) is 0 Å². The summed E-state index contributed by atoms with van der Waals surface area (Å²) in [5, 5.41) is 13.1. The second-order valence-electron chi connectivity index (χ2n) is 4.00. The molecule has 0 amide bonds. The van der Waals surface area contributed by atoms with Crippen LogP contribution in [0.1, 0.15) is 25.1 Å². The van der Waals surface area contributed by atoms with Gasteiger partial charge in [-0.15, -0.1) is 0 Å². The normalized spacial score (nSPS) is 12.8. The van der Waals surface area contributed by atoms with E-state index in [1.54, 1.807) is 6.20 Å². The van der Waals surface area contributed by atoms with E-state index in [9.17, 15) is 5.11 Å². The maximum atomic E-state index is 9.94. The predicted molar refractivity (Wildman–Crippen MR) is 67.7 cm³/mol. The van der Waals surface area contributed by atoms with Crippen LogP contribution in [0.4, 0.5) is 0 Å². The summed E-state index contributed by atoms with van der Waals surface area (Å²) >= 11 is 0. The van der Waals surface area contributed by atoms with Gasteiger partial charge in [0.15, 0.2) is 0 Å². The third-order valence-electron chi connectivity index (χ3n) is 2.57. The van der Waals surface area contributed by atoms with Crippen molar-refractivity contribution in [3.8, 4) is 0 Å². The minimum Gasteiger partial charge on any atom is -0.385 e. The molecule has 4 heteroatoms. The predicted octanol–water partition coefficient (Wildman–Crippen LogP) is 1.66. The number of rotatable bonds is 5. The first-order valence-electron chi connectivity index (χ1n) is 5.91. The Balaban J connectivity index is 2.12. The zero-order valence-corrected chi connectivity index (χ0v) is 9.93. The lowest BCUT2D eigenvalue weighted by atomic mass is 10.2. The Morgan fingerprint density at radius 2 is 2.06 bits per heavy atom. The molecule has 2 aromatic rings. The van der Waals surface area contributed by atoms with Gasteiger partial charge in [0.1, 0.15) is 6.10 Å². The van der Waals surface area contributed by atoms with Gasteiger partial charge in [-0.2, -0.15) is 0 Å². The Labute approximate surface area is 101 Å². The number of hydrogen-bond acceptors (Lipinski definition) is 4. The van der Waals surface area contributed by atoms with Crippen LogP contribution in [0.3, 0.4) is 0 Å². The minimum atomic E-state index is -0.598. The summed E-state index contributed by atoms with van der Waals surface area (Å²) in [4.78, 5) is 8.68. The lowest BCUT2D eigenvalue weighted by Crippen LogP contribution is -2.22. The lowest BCUT2D eigenvalue weighted by molar-refractivity contribution is 0.170. The number of fused-ring (bicyclic) bond motifs is 1. The molecule has 17 heavy (non-hydrogen) atoms. The number of para-hydroxylation sites is 2. The summed E-state index contributed by atoms with van der Waals surface area (Å²) < 4.78 is 0. The van der Waals surface area contributed by atoms with E-state index in [4.69, 9.17) is 0 Å². The molecule has 0 saturated carbocycles. The van der Waals surface area contributed by atoms with Crippen molar-refractivity contribution >= 4 is 11.0 Å². The van der Waals surface area contributed by atoms with Crippen molar-refractivity contribution in [2.24, 2.45) is 0 Å². The van der Waals surface area contributed by atoms with Crippen LogP contribution < -0.4 is 5.32 Å². The largest absolute Gasteiger partial charge is 0.385 e. The van der Waals surface area contributed by atoms with Crippen LogP contribution in [-0.4, -0.2) is 28.2 Å². The molecule has 1 aromatic carbocycles. The van der Waals surface area contributed by atoms with Crippen molar-refractivity contribution in [3.63, 3.8) is 0 Å². The highest BCUT2D eigenvalue weighted by molar-refractivity contribution is 5.73. The van der Waals surface area contributed by atoms with E-state index in [1.807, 2.05) is 24.3 Å². The van der Waals surface area contributed by atoms with E-state index in [1.165, 1.54) is 0 Å². The zero-order chi connectivity index (χ0) is 12.1. The topological polar surface area (TPSA) is 58.0 Å². The van der Waals surface area contributed by atoms with Crippen molar-refractivity contribution < 1.29 is 5.11 Å². The minimum absolute atomic E-state index is 0.515. The number of nitrogens with zero attached hydrogens (tertiary/aromatic N) is 2. The molecule has 0 fully saturated rings. The molecular weight excluding hydrogens is 214 g/mol. The van der Waals surface area contributed by atoms with Crippen molar-refractivity contribution in [2.45, 2.75) is 19.4 Å². The Kier molecular flexibility index (Phi) is 4.01. The van der Waals surface area contributed by atoms with Gasteiger partial charge in [0, 0.05) is 6.54 Å². The summed E-state index contributed by atoms with van der Waals surface area (Å²) in [6.45, 7) is 3.51. The van der Waals surface area contributed by atoms with Crippen molar-refractivity contribution in [1.82, 2.24) is 15.3 Å². The van der Waals surface area contributed by atoms with E-state index < -0.39 is 6.10 Å². The second-order valence-corrected chi connectivity index (χ2v) is 4.00. The molecule has 1 aromatic heterocycles. The molecule has 1 atom stereocenters. The average Bonchev–Trinajstić information content (AvgIpc) is 2.38. The summed E-state index contributed by atoms with van der Waals surface area (Å²) in [6, 6.07) is 7.66. The molecule has 1 unspecified atom stereocenters. The van der Waals surface area contributed by atoms with Crippen LogP contribution in [0.25, 0.3) is 11.0 Å². The SMILES string of the molecule is CCCNCC(O)c1cnc2ccccc2n1. The molecule has 0 spiro atoms. The first kappa shape index (κ1) is 12.0. The quantitative estimate of drug-likeness (QED) is 0.768. The molecule has 1 heterocycles. The molecule has 0 aliphatic carbocycles. The fourth-order valence-corrected chi connectivity index (χ4v) is 1.65. The van der Waals surface area contributed by atoms with E-state index in [0.717, 1.165) is 24.0 Å². The highest BCUT2D eigenvalue weighted by Crippen LogP contribution is 2.13. The van der Waals surface area contributed by atoms with Gasteiger partial charge < -0.3 is 10.4 Å². The first-order chi connectivity index (χ1) is 8.31. The van der Waals surface area contributed by atoms with Gasteiger partial charge in [-0.05, 0) is 25.1 Å². The monoisotopic (exact) mass is 231 g/mol. The summed E-state index contributed by atoms with van der Waals surface area (Å²) in [6.07, 6.45) is 2.09. The Morgan fingerprint density at radius 3 is 2.82 bits per heavy atom. The fraction of sp³-hybridized carbons (Fsp3) is 0.385. The molecule has 90 valence electrons. The Bertz CT molecular complexity index is 487. The maximum Gasteiger partial charge on any atom is 0.110 e. The molecule has 2 rings (SSSR count). The number of aliphatic hydroxyl groups excluding tert-OH is 1. The Hall–Kier alpha value is -1.52. The Morgan fingerprint density at radius 1 is 1.29 bits per heavy atom. The maximum absolute atomic E-state index is 9.94. The van der Waals surface area contributed by atoms with Gasteiger partial charge in [-0.3, -0.25) is 4.98 Å². The lowest BCUT2D eigenvalue weighted by Gasteiger charge is -2.11. The standard InChI is InChI=1S/C13H17N3O/c1-2-7-14-9-13(17)12-8-15-10-5-3-4-6-11(10)16-12/h3-6,8,13-14,17H,2,7,9H2,1H3. The van der Waals surface area contributed by atoms with Crippen molar-refractivity contribution in [3.05, 3.63) is 36.2 Å². The number of hydrogen-bond donors (Lipinski definition) is 2. The van der Waals surface area contributed by atoms with Crippen molar-refractivity contribution in [2.75, 3.05) is 13.1 Å². The van der Waals surface area contributed by atoms with E-state index in [-0.39, 0.29) is 0 Å². The highest BCUT2D eigenvalue weighted by atomic mass is 16.3. The average molecular weight is 231 g/mol. The summed E-state index contributed by atoms with van der Waals surface area (Å²) in [5.74, 6) is 0. The van der Waals surface area contributed by atoms with Crippen LogP contribution in [-0.2, 0) is 0 Å². The van der Waals surface area contributed by atoms with Gasteiger partial charge in [0.25, 0.3) is 0 Å². The third kappa shape index (κ3) is 2.99.